The molecule has 76 valence electrons. The molecule has 0 heterocycles. The summed E-state index contributed by atoms with van der Waals surface area (Å²) in [5.41, 5.74) is 0.634. The number of rotatable bonds is 4. The first kappa shape index (κ1) is 11.1. The average Bonchev–Trinajstić information content (AvgIpc) is 2.19. The number of benzene rings is 1. The lowest BCUT2D eigenvalue weighted by Crippen LogP contribution is -2.24. The summed E-state index contributed by atoms with van der Waals surface area (Å²) in [6.07, 6.45) is 0.717. The summed E-state index contributed by atoms with van der Waals surface area (Å²) in [6, 6.07) is 8.81. The fourth-order valence-corrected chi connectivity index (χ4v) is 1.81. The van der Waals surface area contributed by atoms with E-state index in [-0.39, 0.29) is 0 Å². The van der Waals surface area contributed by atoms with Crippen LogP contribution in [0.1, 0.15) is 11.7 Å². The van der Waals surface area contributed by atoms with E-state index in [1.807, 2.05) is 6.07 Å². The van der Waals surface area contributed by atoms with Crippen LogP contribution in [0.15, 0.2) is 30.3 Å². The van der Waals surface area contributed by atoms with Crippen LogP contribution in [0.3, 0.4) is 0 Å². The number of carboxylic acid groups (broad SMARTS) is 1. The molecule has 1 aromatic carbocycles. The largest absolute Gasteiger partial charge is 0.480 e. The van der Waals surface area contributed by atoms with Crippen LogP contribution in [0, 0.1) is 0 Å². The molecule has 0 bridgehead atoms. The highest BCUT2D eigenvalue weighted by atomic mass is 32.2. The topological polar surface area (TPSA) is 57.5 Å². The van der Waals surface area contributed by atoms with Gasteiger partial charge in [0, 0.05) is 0 Å². The number of aliphatic hydroxyl groups is 1. The van der Waals surface area contributed by atoms with E-state index < -0.39 is 17.3 Å². The van der Waals surface area contributed by atoms with Gasteiger partial charge in [-0.2, -0.15) is 0 Å². The van der Waals surface area contributed by atoms with Gasteiger partial charge in [0.15, 0.2) is 0 Å². The Morgan fingerprint density at radius 3 is 2.36 bits per heavy atom. The summed E-state index contributed by atoms with van der Waals surface area (Å²) in [7, 11) is 0. The third-order valence-corrected chi connectivity index (χ3v) is 2.89. The monoisotopic (exact) mass is 212 g/mol. The molecule has 2 atom stereocenters. The zero-order valence-electron chi connectivity index (χ0n) is 7.75. The van der Waals surface area contributed by atoms with E-state index in [9.17, 15) is 9.90 Å². The predicted molar refractivity (Wildman–Crippen MR) is 56.3 cm³/mol. The Morgan fingerprint density at radius 2 is 1.93 bits per heavy atom. The SMILES string of the molecule is CSC(C(=O)O)C(O)c1ccccc1. The number of carboxylic acids is 1. The fourth-order valence-electron chi connectivity index (χ4n) is 1.19. The molecular formula is C10H12O3S. The van der Waals surface area contributed by atoms with E-state index in [1.165, 1.54) is 0 Å². The van der Waals surface area contributed by atoms with E-state index in [0.29, 0.717) is 5.56 Å². The molecule has 0 fully saturated rings. The van der Waals surface area contributed by atoms with E-state index >= 15 is 0 Å². The van der Waals surface area contributed by atoms with Crippen molar-refractivity contribution in [1.29, 1.82) is 0 Å². The Balaban J connectivity index is 2.83. The van der Waals surface area contributed by atoms with E-state index in [0.717, 1.165) is 11.8 Å². The van der Waals surface area contributed by atoms with Gasteiger partial charge in [0.05, 0.1) is 0 Å². The molecule has 0 amide bonds. The molecule has 4 heteroatoms. The van der Waals surface area contributed by atoms with Crippen molar-refractivity contribution in [3.8, 4) is 0 Å². The lowest BCUT2D eigenvalue weighted by Gasteiger charge is -2.16. The van der Waals surface area contributed by atoms with Crippen molar-refractivity contribution in [1.82, 2.24) is 0 Å². The first-order valence-electron chi connectivity index (χ1n) is 4.15. The second-order valence-electron chi connectivity index (χ2n) is 2.85. The van der Waals surface area contributed by atoms with Gasteiger partial charge in [0.1, 0.15) is 11.4 Å². The summed E-state index contributed by atoms with van der Waals surface area (Å²) >= 11 is 1.13. The van der Waals surface area contributed by atoms with Crippen molar-refractivity contribution in [3.05, 3.63) is 35.9 Å². The summed E-state index contributed by atoms with van der Waals surface area (Å²) in [5, 5.41) is 17.8. The van der Waals surface area contributed by atoms with Crippen molar-refractivity contribution in [3.63, 3.8) is 0 Å². The predicted octanol–water partition coefficient (Wildman–Crippen LogP) is 1.54. The number of aliphatic hydroxyl groups excluding tert-OH is 1. The van der Waals surface area contributed by atoms with Crippen molar-refractivity contribution < 1.29 is 15.0 Å². The molecule has 1 rings (SSSR count). The van der Waals surface area contributed by atoms with Crippen molar-refractivity contribution in [2.45, 2.75) is 11.4 Å². The molecule has 2 N–H and O–H groups in total. The standard InChI is InChI=1S/C10H12O3S/c1-14-9(10(12)13)8(11)7-5-3-2-4-6-7/h2-6,8-9,11H,1H3,(H,12,13). The van der Waals surface area contributed by atoms with Crippen LogP contribution in [0.4, 0.5) is 0 Å². The number of carbonyl (C=O) groups is 1. The molecule has 14 heavy (non-hydrogen) atoms. The minimum absolute atomic E-state index is 0.634. The third kappa shape index (κ3) is 2.49. The smallest absolute Gasteiger partial charge is 0.319 e. The summed E-state index contributed by atoms with van der Waals surface area (Å²) in [6.45, 7) is 0. The van der Waals surface area contributed by atoms with Gasteiger partial charge >= 0.3 is 5.97 Å². The first-order valence-corrected chi connectivity index (χ1v) is 5.44. The lowest BCUT2D eigenvalue weighted by atomic mass is 10.1. The Kier molecular flexibility index (Phi) is 3.98. The number of thioether (sulfide) groups is 1. The van der Waals surface area contributed by atoms with Gasteiger partial charge in [0.25, 0.3) is 0 Å². The Bertz CT molecular complexity index is 299. The second kappa shape index (κ2) is 5.02. The molecule has 0 aromatic heterocycles. The molecular weight excluding hydrogens is 200 g/mol. The van der Waals surface area contributed by atoms with E-state index in [4.69, 9.17) is 5.11 Å². The molecule has 0 aliphatic heterocycles. The lowest BCUT2D eigenvalue weighted by molar-refractivity contribution is -0.138. The molecule has 0 spiro atoms. The van der Waals surface area contributed by atoms with Gasteiger partial charge in [-0.25, -0.2) is 0 Å². The highest BCUT2D eigenvalue weighted by Gasteiger charge is 2.26. The molecule has 3 nitrogen and oxygen atoms in total. The first-order chi connectivity index (χ1) is 6.66. The summed E-state index contributed by atoms with van der Waals surface area (Å²) in [4.78, 5) is 10.8. The average molecular weight is 212 g/mol. The molecule has 0 saturated heterocycles. The molecule has 0 aliphatic carbocycles. The second-order valence-corrected chi connectivity index (χ2v) is 3.83. The van der Waals surface area contributed by atoms with E-state index in [2.05, 4.69) is 0 Å². The van der Waals surface area contributed by atoms with Crippen LogP contribution >= 0.6 is 11.8 Å². The molecule has 2 unspecified atom stereocenters. The van der Waals surface area contributed by atoms with Crippen LogP contribution in [-0.4, -0.2) is 27.7 Å². The van der Waals surface area contributed by atoms with Crippen LogP contribution in [0.2, 0.25) is 0 Å². The van der Waals surface area contributed by atoms with Crippen molar-refractivity contribution in [2.24, 2.45) is 0 Å². The summed E-state index contributed by atoms with van der Waals surface area (Å²) < 4.78 is 0. The minimum Gasteiger partial charge on any atom is -0.480 e. The number of hydrogen-bond acceptors (Lipinski definition) is 3. The highest BCUT2D eigenvalue weighted by Crippen LogP contribution is 2.24. The van der Waals surface area contributed by atoms with Gasteiger partial charge in [-0.3, -0.25) is 4.79 Å². The van der Waals surface area contributed by atoms with Gasteiger partial charge in [-0.1, -0.05) is 30.3 Å². The number of hydrogen-bond donors (Lipinski definition) is 2. The Hall–Kier alpha value is -1.00. The van der Waals surface area contributed by atoms with Gasteiger partial charge in [-0.05, 0) is 11.8 Å². The Morgan fingerprint density at radius 1 is 1.36 bits per heavy atom. The normalized spacial score (nSPS) is 14.7. The molecule has 0 radical (unpaired) electrons. The van der Waals surface area contributed by atoms with Gasteiger partial charge in [-0.15, -0.1) is 11.8 Å². The quantitative estimate of drug-likeness (QED) is 0.794. The third-order valence-electron chi connectivity index (χ3n) is 1.93. The molecule has 1 aromatic rings. The van der Waals surface area contributed by atoms with Crippen molar-refractivity contribution in [2.75, 3.05) is 6.26 Å². The van der Waals surface area contributed by atoms with E-state index in [1.54, 1.807) is 30.5 Å². The van der Waals surface area contributed by atoms with Crippen LogP contribution < -0.4 is 0 Å². The maximum absolute atomic E-state index is 10.8. The van der Waals surface area contributed by atoms with Crippen LogP contribution in [0.5, 0.6) is 0 Å². The van der Waals surface area contributed by atoms with Crippen molar-refractivity contribution >= 4 is 17.7 Å². The fraction of sp³-hybridized carbons (Fsp3) is 0.300. The van der Waals surface area contributed by atoms with Gasteiger partial charge < -0.3 is 10.2 Å². The molecule has 0 aliphatic rings. The molecule has 0 saturated carbocycles. The zero-order valence-corrected chi connectivity index (χ0v) is 8.57. The maximum atomic E-state index is 10.8. The zero-order chi connectivity index (χ0) is 10.6. The van der Waals surface area contributed by atoms with Crippen LogP contribution in [-0.2, 0) is 4.79 Å². The van der Waals surface area contributed by atoms with Crippen LogP contribution in [0.25, 0.3) is 0 Å². The number of aliphatic carboxylic acids is 1. The highest BCUT2D eigenvalue weighted by molar-refractivity contribution is 7.99. The maximum Gasteiger partial charge on any atom is 0.319 e. The Labute approximate surface area is 86.8 Å². The van der Waals surface area contributed by atoms with Gasteiger partial charge in [0.2, 0.25) is 0 Å². The minimum atomic E-state index is -0.992. The summed E-state index contributed by atoms with van der Waals surface area (Å²) in [5.74, 6) is -0.992.